The molecule has 1 aromatic heterocycles. The monoisotopic (exact) mass is 294 g/mol. The van der Waals surface area contributed by atoms with Crippen molar-refractivity contribution in [1.29, 1.82) is 0 Å². The van der Waals surface area contributed by atoms with Crippen LogP contribution in [0.25, 0.3) is 0 Å². The van der Waals surface area contributed by atoms with E-state index in [-0.39, 0.29) is 17.2 Å². The van der Waals surface area contributed by atoms with Crippen molar-refractivity contribution in [2.24, 2.45) is 0 Å². The zero-order valence-electron chi connectivity index (χ0n) is 11.0. The molecule has 21 heavy (non-hydrogen) atoms. The summed E-state index contributed by atoms with van der Waals surface area (Å²) in [6.07, 6.45) is 1.49. The number of pyridine rings is 1. The number of nitrogens with one attached hydrogen (secondary N) is 1. The highest BCUT2D eigenvalue weighted by Gasteiger charge is 2.13. The molecular formula is C14H12F2N2O3. The van der Waals surface area contributed by atoms with Crippen molar-refractivity contribution in [2.45, 2.75) is 6.61 Å². The summed E-state index contributed by atoms with van der Waals surface area (Å²) < 4.78 is 33.5. The largest absolute Gasteiger partial charge is 0.480 e. The Morgan fingerprint density at radius 1 is 1.29 bits per heavy atom. The first-order valence-corrected chi connectivity index (χ1v) is 5.95. The minimum absolute atomic E-state index is 0.0408. The van der Waals surface area contributed by atoms with Gasteiger partial charge in [0.2, 0.25) is 5.88 Å². The molecule has 0 unspecified atom stereocenters. The number of halogens is 2. The van der Waals surface area contributed by atoms with Crippen molar-refractivity contribution < 1.29 is 23.0 Å². The van der Waals surface area contributed by atoms with Gasteiger partial charge in [-0.05, 0) is 24.3 Å². The maximum atomic E-state index is 12.1. The van der Waals surface area contributed by atoms with E-state index in [9.17, 15) is 13.6 Å². The third-order valence-electron chi connectivity index (χ3n) is 2.53. The minimum atomic E-state index is -2.92. The van der Waals surface area contributed by atoms with Crippen molar-refractivity contribution in [3.05, 3.63) is 48.2 Å². The van der Waals surface area contributed by atoms with E-state index >= 15 is 0 Å². The molecule has 110 valence electrons. The van der Waals surface area contributed by atoms with Gasteiger partial charge in [0.15, 0.2) is 0 Å². The molecule has 1 amide bonds. The quantitative estimate of drug-likeness (QED) is 0.921. The van der Waals surface area contributed by atoms with Crippen LogP contribution in [0.2, 0.25) is 0 Å². The van der Waals surface area contributed by atoms with Gasteiger partial charge in [0, 0.05) is 18.0 Å². The number of methoxy groups -OCH3 is 1. The zero-order chi connectivity index (χ0) is 15.2. The highest BCUT2D eigenvalue weighted by atomic mass is 19.3. The molecule has 0 saturated carbocycles. The zero-order valence-corrected chi connectivity index (χ0v) is 11.0. The third kappa shape index (κ3) is 3.88. The standard InChI is InChI=1S/C14H12F2N2O3/c1-20-13-11(6-3-7-17-13)12(19)18-9-4-2-5-10(8-9)21-14(15)16/h2-8,14H,1H3,(H,18,19). The van der Waals surface area contributed by atoms with Crippen molar-refractivity contribution in [1.82, 2.24) is 4.98 Å². The topological polar surface area (TPSA) is 60.5 Å². The van der Waals surface area contributed by atoms with Crippen LogP contribution in [0.1, 0.15) is 10.4 Å². The second kappa shape index (κ2) is 6.65. The molecule has 2 aromatic rings. The van der Waals surface area contributed by atoms with Crippen LogP contribution in [0.5, 0.6) is 11.6 Å². The Labute approximate surface area is 119 Å². The number of anilines is 1. The number of benzene rings is 1. The molecule has 1 aromatic carbocycles. The molecule has 0 bridgehead atoms. The molecule has 0 spiro atoms. The number of aromatic nitrogens is 1. The van der Waals surface area contributed by atoms with Crippen LogP contribution >= 0.6 is 0 Å². The van der Waals surface area contributed by atoms with Crippen molar-refractivity contribution >= 4 is 11.6 Å². The van der Waals surface area contributed by atoms with Gasteiger partial charge in [-0.25, -0.2) is 4.98 Å². The number of nitrogens with zero attached hydrogens (tertiary/aromatic N) is 1. The molecular weight excluding hydrogens is 282 g/mol. The van der Waals surface area contributed by atoms with E-state index in [4.69, 9.17) is 4.74 Å². The summed E-state index contributed by atoms with van der Waals surface area (Å²) in [7, 11) is 1.40. The first-order chi connectivity index (χ1) is 10.1. The molecule has 1 N–H and O–H groups in total. The predicted octanol–water partition coefficient (Wildman–Crippen LogP) is 2.94. The maximum Gasteiger partial charge on any atom is 0.387 e. The van der Waals surface area contributed by atoms with Gasteiger partial charge in [-0.2, -0.15) is 8.78 Å². The van der Waals surface area contributed by atoms with E-state index in [0.717, 1.165) is 0 Å². The van der Waals surface area contributed by atoms with Crippen LogP contribution in [0, 0.1) is 0 Å². The average molecular weight is 294 g/mol. The maximum absolute atomic E-state index is 12.1. The van der Waals surface area contributed by atoms with E-state index in [0.29, 0.717) is 5.69 Å². The fourth-order valence-corrected chi connectivity index (χ4v) is 1.67. The third-order valence-corrected chi connectivity index (χ3v) is 2.53. The molecule has 1 heterocycles. The van der Waals surface area contributed by atoms with Crippen molar-refractivity contribution in [2.75, 3.05) is 12.4 Å². The van der Waals surface area contributed by atoms with Gasteiger partial charge >= 0.3 is 6.61 Å². The smallest absolute Gasteiger partial charge is 0.387 e. The Kier molecular flexibility index (Phi) is 4.65. The summed E-state index contributed by atoms with van der Waals surface area (Å²) in [6.45, 7) is -2.92. The van der Waals surface area contributed by atoms with E-state index < -0.39 is 12.5 Å². The van der Waals surface area contributed by atoms with Gasteiger partial charge in [-0.15, -0.1) is 0 Å². The Hall–Kier alpha value is -2.70. The van der Waals surface area contributed by atoms with Crippen molar-refractivity contribution in [3.8, 4) is 11.6 Å². The Bertz CT molecular complexity index is 635. The van der Waals surface area contributed by atoms with E-state index in [1.807, 2.05) is 0 Å². The Morgan fingerprint density at radius 3 is 2.81 bits per heavy atom. The lowest BCUT2D eigenvalue weighted by Crippen LogP contribution is -2.14. The van der Waals surface area contributed by atoms with Crippen LogP contribution < -0.4 is 14.8 Å². The molecule has 0 aliphatic carbocycles. The lowest BCUT2D eigenvalue weighted by molar-refractivity contribution is -0.0497. The SMILES string of the molecule is COc1ncccc1C(=O)Nc1cccc(OC(F)F)c1. The first kappa shape index (κ1) is 14.7. The van der Waals surface area contributed by atoms with E-state index in [2.05, 4.69) is 15.0 Å². The molecule has 0 fully saturated rings. The molecule has 7 heteroatoms. The predicted molar refractivity (Wildman–Crippen MR) is 71.8 cm³/mol. The number of carbonyl (C=O) groups is 1. The summed E-state index contributed by atoms with van der Waals surface area (Å²) >= 11 is 0. The fraction of sp³-hybridized carbons (Fsp3) is 0.143. The number of hydrogen-bond donors (Lipinski definition) is 1. The van der Waals surface area contributed by atoms with Gasteiger partial charge in [0.05, 0.1) is 7.11 Å². The van der Waals surface area contributed by atoms with Gasteiger partial charge in [0.25, 0.3) is 5.91 Å². The van der Waals surface area contributed by atoms with E-state index in [1.165, 1.54) is 31.5 Å². The number of rotatable bonds is 5. The average Bonchev–Trinajstić information content (AvgIpc) is 2.46. The Morgan fingerprint density at radius 2 is 2.10 bits per heavy atom. The fourth-order valence-electron chi connectivity index (χ4n) is 1.67. The highest BCUT2D eigenvalue weighted by Crippen LogP contribution is 2.21. The molecule has 0 aliphatic heterocycles. The molecule has 0 radical (unpaired) electrons. The lowest BCUT2D eigenvalue weighted by Gasteiger charge is -2.09. The van der Waals surface area contributed by atoms with Gasteiger partial charge in [0.1, 0.15) is 11.3 Å². The molecule has 0 atom stereocenters. The lowest BCUT2D eigenvalue weighted by atomic mass is 10.2. The van der Waals surface area contributed by atoms with Gasteiger partial charge < -0.3 is 14.8 Å². The number of ether oxygens (including phenoxy) is 2. The number of carbonyl (C=O) groups excluding carboxylic acids is 1. The second-order valence-corrected chi connectivity index (χ2v) is 3.92. The number of alkyl halides is 2. The summed E-state index contributed by atoms with van der Waals surface area (Å²) in [6, 6.07) is 8.85. The molecule has 0 aliphatic rings. The second-order valence-electron chi connectivity index (χ2n) is 3.92. The van der Waals surface area contributed by atoms with Crippen LogP contribution in [0.4, 0.5) is 14.5 Å². The van der Waals surface area contributed by atoms with Crippen LogP contribution in [0.15, 0.2) is 42.6 Å². The van der Waals surface area contributed by atoms with Gasteiger partial charge in [-0.3, -0.25) is 4.79 Å². The van der Waals surface area contributed by atoms with E-state index in [1.54, 1.807) is 18.2 Å². The molecule has 5 nitrogen and oxygen atoms in total. The van der Waals surface area contributed by atoms with Crippen LogP contribution in [-0.2, 0) is 0 Å². The van der Waals surface area contributed by atoms with Crippen molar-refractivity contribution in [3.63, 3.8) is 0 Å². The van der Waals surface area contributed by atoms with Gasteiger partial charge in [-0.1, -0.05) is 6.07 Å². The summed E-state index contributed by atoms with van der Waals surface area (Å²) in [5.74, 6) is -0.329. The highest BCUT2D eigenvalue weighted by molar-refractivity contribution is 6.05. The molecule has 2 rings (SSSR count). The number of hydrogen-bond acceptors (Lipinski definition) is 4. The minimum Gasteiger partial charge on any atom is -0.480 e. The van der Waals surface area contributed by atoms with Crippen LogP contribution in [-0.4, -0.2) is 24.6 Å². The summed E-state index contributed by atoms with van der Waals surface area (Å²) in [5.41, 5.74) is 0.559. The summed E-state index contributed by atoms with van der Waals surface area (Å²) in [5, 5.41) is 2.56. The van der Waals surface area contributed by atoms with Crippen LogP contribution in [0.3, 0.4) is 0 Å². The first-order valence-electron chi connectivity index (χ1n) is 5.95. The Balaban J connectivity index is 2.16. The number of amides is 1. The normalized spacial score (nSPS) is 10.3. The molecule has 0 saturated heterocycles. The summed E-state index contributed by atoms with van der Waals surface area (Å²) in [4.78, 5) is 16.0.